The van der Waals surface area contributed by atoms with E-state index in [0.717, 1.165) is 19.4 Å². The zero-order chi connectivity index (χ0) is 13.9. The topological polar surface area (TPSA) is 101 Å². The highest BCUT2D eigenvalue weighted by Crippen LogP contribution is 2.23. The minimum atomic E-state index is -3.87. The molecule has 0 aromatic heterocycles. The van der Waals surface area contributed by atoms with Crippen molar-refractivity contribution in [2.75, 3.05) is 13.1 Å². The van der Waals surface area contributed by atoms with E-state index in [-0.39, 0.29) is 10.9 Å². The van der Waals surface area contributed by atoms with Gasteiger partial charge in [0.05, 0.1) is 4.92 Å². The van der Waals surface area contributed by atoms with Crippen molar-refractivity contribution < 1.29 is 13.3 Å². The van der Waals surface area contributed by atoms with E-state index in [4.69, 9.17) is 0 Å². The van der Waals surface area contributed by atoms with Gasteiger partial charge in [0, 0.05) is 18.7 Å². The van der Waals surface area contributed by atoms with Crippen LogP contribution in [-0.4, -0.2) is 32.5 Å². The molecule has 1 fully saturated rings. The quantitative estimate of drug-likeness (QED) is 0.624. The summed E-state index contributed by atoms with van der Waals surface area (Å²) in [5, 5.41) is 13.9. The van der Waals surface area contributed by atoms with Crippen LogP contribution in [0.5, 0.6) is 0 Å². The maximum atomic E-state index is 12.2. The summed E-state index contributed by atoms with van der Waals surface area (Å²) in [6.07, 6.45) is 1.61. The molecule has 7 nitrogen and oxygen atoms in total. The lowest BCUT2D eigenvalue weighted by Crippen LogP contribution is -2.45. The Balaban J connectivity index is 2.26. The van der Waals surface area contributed by atoms with Crippen LogP contribution in [-0.2, 0) is 10.0 Å². The van der Waals surface area contributed by atoms with Crippen molar-refractivity contribution >= 4 is 15.7 Å². The van der Waals surface area contributed by atoms with Crippen molar-refractivity contribution in [1.82, 2.24) is 10.0 Å². The van der Waals surface area contributed by atoms with Gasteiger partial charge in [-0.1, -0.05) is 12.1 Å². The van der Waals surface area contributed by atoms with E-state index in [2.05, 4.69) is 10.0 Å². The Kier molecular flexibility index (Phi) is 4.13. The lowest BCUT2D eigenvalue weighted by molar-refractivity contribution is -0.387. The molecule has 0 amide bonds. The van der Waals surface area contributed by atoms with Gasteiger partial charge in [-0.25, -0.2) is 13.1 Å². The first-order chi connectivity index (χ1) is 9.00. The first-order valence-corrected chi connectivity index (χ1v) is 7.45. The Morgan fingerprint density at radius 1 is 1.37 bits per heavy atom. The maximum Gasteiger partial charge on any atom is 0.289 e. The summed E-state index contributed by atoms with van der Waals surface area (Å²) in [6, 6.07) is 5.13. The zero-order valence-corrected chi connectivity index (χ0v) is 11.0. The van der Waals surface area contributed by atoms with Crippen molar-refractivity contribution in [2.45, 2.75) is 23.8 Å². The normalized spacial score (nSPS) is 20.1. The fraction of sp³-hybridized carbons (Fsp3) is 0.455. The van der Waals surface area contributed by atoms with Gasteiger partial charge in [-0.15, -0.1) is 0 Å². The van der Waals surface area contributed by atoms with Gasteiger partial charge in [-0.2, -0.15) is 0 Å². The number of nitrogens with zero attached hydrogens (tertiary/aromatic N) is 1. The Hall–Kier alpha value is -1.51. The molecule has 0 saturated carbocycles. The third-order valence-corrected chi connectivity index (χ3v) is 4.54. The van der Waals surface area contributed by atoms with E-state index >= 15 is 0 Å². The first kappa shape index (κ1) is 13.9. The van der Waals surface area contributed by atoms with E-state index in [9.17, 15) is 18.5 Å². The van der Waals surface area contributed by atoms with Gasteiger partial charge in [0.2, 0.25) is 10.0 Å². The molecular formula is C11H15N3O4S. The number of nitro benzene ring substituents is 1. The van der Waals surface area contributed by atoms with Gasteiger partial charge >= 0.3 is 0 Å². The molecule has 1 aromatic rings. The van der Waals surface area contributed by atoms with E-state index in [1.54, 1.807) is 0 Å². The Morgan fingerprint density at radius 3 is 2.74 bits per heavy atom. The van der Waals surface area contributed by atoms with Crippen LogP contribution < -0.4 is 10.0 Å². The molecule has 1 aliphatic heterocycles. The molecule has 2 N–H and O–H groups in total. The van der Waals surface area contributed by atoms with Crippen LogP contribution in [0.2, 0.25) is 0 Å². The van der Waals surface area contributed by atoms with Crippen molar-refractivity contribution in [3.63, 3.8) is 0 Å². The number of piperidine rings is 1. The summed E-state index contributed by atoms with van der Waals surface area (Å²) in [7, 11) is -3.87. The molecule has 19 heavy (non-hydrogen) atoms. The fourth-order valence-electron chi connectivity index (χ4n) is 2.07. The van der Waals surface area contributed by atoms with Gasteiger partial charge in [0.15, 0.2) is 4.90 Å². The van der Waals surface area contributed by atoms with Gasteiger partial charge in [0.1, 0.15) is 0 Å². The summed E-state index contributed by atoms with van der Waals surface area (Å²) in [4.78, 5) is 9.89. The number of para-hydroxylation sites is 1. The molecule has 1 atom stereocenters. The highest BCUT2D eigenvalue weighted by atomic mass is 32.2. The van der Waals surface area contributed by atoms with Crippen LogP contribution in [0.1, 0.15) is 12.8 Å². The second-order valence-corrected chi connectivity index (χ2v) is 6.07. The van der Waals surface area contributed by atoms with Crippen LogP contribution in [0.15, 0.2) is 29.2 Å². The van der Waals surface area contributed by atoms with Gasteiger partial charge < -0.3 is 5.32 Å². The SMILES string of the molecule is O=[N+]([O-])c1ccccc1S(=O)(=O)N[C@H]1CCCNC1. The van der Waals surface area contributed by atoms with Crippen LogP contribution in [0, 0.1) is 10.1 Å². The standard InChI is InChI=1S/C11H15N3O4S/c15-14(16)10-5-1-2-6-11(10)19(17,18)13-9-4-3-7-12-8-9/h1-2,5-6,9,12-13H,3-4,7-8H2/t9-/m0/s1. The lowest BCUT2D eigenvalue weighted by atomic mass is 10.1. The van der Waals surface area contributed by atoms with Crippen molar-refractivity contribution in [3.8, 4) is 0 Å². The molecule has 8 heteroatoms. The molecule has 1 aromatic carbocycles. The van der Waals surface area contributed by atoms with E-state index in [0.29, 0.717) is 6.54 Å². The van der Waals surface area contributed by atoms with Crippen molar-refractivity contribution in [2.24, 2.45) is 0 Å². The zero-order valence-electron chi connectivity index (χ0n) is 10.2. The second kappa shape index (κ2) is 5.64. The summed E-state index contributed by atoms with van der Waals surface area (Å²) in [6.45, 7) is 1.41. The lowest BCUT2D eigenvalue weighted by Gasteiger charge is -2.23. The highest BCUT2D eigenvalue weighted by molar-refractivity contribution is 7.89. The number of nitro groups is 1. The third kappa shape index (κ3) is 3.28. The van der Waals surface area contributed by atoms with E-state index in [1.165, 1.54) is 24.3 Å². The smallest absolute Gasteiger partial charge is 0.289 e. The predicted octanol–water partition coefficient (Wildman–Crippen LogP) is 0.625. The largest absolute Gasteiger partial charge is 0.315 e. The van der Waals surface area contributed by atoms with Gasteiger partial charge in [0.25, 0.3) is 5.69 Å². The molecule has 0 aliphatic carbocycles. The molecule has 1 aliphatic rings. The second-order valence-electron chi connectivity index (χ2n) is 4.39. The third-order valence-electron chi connectivity index (χ3n) is 2.97. The van der Waals surface area contributed by atoms with Gasteiger partial charge in [-0.3, -0.25) is 10.1 Å². The first-order valence-electron chi connectivity index (χ1n) is 5.97. The maximum absolute atomic E-state index is 12.2. The number of rotatable bonds is 4. The molecule has 0 radical (unpaired) electrons. The molecule has 1 heterocycles. The average molecular weight is 285 g/mol. The highest BCUT2D eigenvalue weighted by Gasteiger charge is 2.28. The summed E-state index contributed by atoms with van der Waals surface area (Å²) >= 11 is 0. The number of hydrogen-bond acceptors (Lipinski definition) is 5. The molecule has 104 valence electrons. The summed E-state index contributed by atoms with van der Waals surface area (Å²) < 4.78 is 26.9. The molecule has 1 saturated heterocycles. The number of hydrogen-bond donors (Lipinski definition) is 2. The molecule has 0 spiro atoms. The van der Waals surface area contributed by atoms with Crippen molar-refractivity contribution in [3.05, 3.63) is 34.4 Å². The van der Waals surface area contributed by atoms with Crippen LogP contribution >= 0.6 is 0 Å². The van der Waals surface area contributed by atoms with Crippen LogP contribution in [0.4, 0.5) is 5.69 Å². The Bertz CT molecular complexity index is 567. The van der Waals surface area contributed by atoms with Crippen LogP contribution in [0.25, 0.3) is 0 Å². The van der Waals surface area contributed by atoms with Gasteiger partial charge in [-0.05, 0) is 25.5 Å². The monoisotopic (exact) mass is 285 g/mol. The minimum absolute atomic E-state index is 0.224. The predicted molar refractivity (Wildman–Crippen MR) is 69.3 cm³/mol. The molecule has 0 bridgehead atoms. The van der Waals surface area contributed by atoms with Crippen LogP contribution in [0.3, 0.4) is 0 Å². The minimum Gasteiger partial charge on any atom is -0.315 e. The molecule has 2 rings (SSSR count). The number of benzene rings is 1. The van der Waals surface area contributed by atoms with Crippen molar-refractivity contribution in [1.29, 1.82) is 0 Å². The average Bonchev–Trinajstić information content (AvgIpc) is 2.39. The number of nitrogens with one attached hydrogen (secondary N) is 2. The summed E-state index contributed by atoms with van der Waals surface area (Å²) in [5.74, 6) is 0. The molecule has 0 unspecified atom stereocenters. The summed E-state index contributed by atoms with van der Waals surface area (Å²) in [5.41, 5.74) is -0.404. The molecular weight excluding hydrogens is 270 g/mol. The Morgan fingerprint density at radius 2 is 2.11 bits per heavy atom. The van der Waals surface area contributed by atoms with E-state index in [1.807, 2.05) is 0 Å². The van der Waals surface area contributed by atoms with E-state index < -0.39 is 20.6 Å². The fourth-order valence-corrected chi connectivity index (χ4v) is 3.51. The Labute approximate surface area is 111 Å². The number of sulfonamides is 1.